The minimum atomic E-state index is -0.269. The van der Waals surface area contributed by atoms with Crippen LogP contribution in [0.25, 0.3) is 0 Å². The van der Waals surface area contributed by atoms with Crippen molar-refractivity contribution in [3.63, 3.8) is 0 Å². The number of hydrogen-bond donors (Lipinski definition) is 0. The molecule has 1 amide bonds. The predicted octanol–water partition coefficient (Wildman–Crippen LogP) is 2.70. The Bertz CT molecular complexity index is 917. The molecule has 0 saturated heterocycles. The van der Waals surface area contributed by atoms with Crippen molar-refractivity contribution in [2.75, 3.05) is 12.0 Å². The minimum absolute atomic E-state index is 0.217. The summed E-state index contributed by atoms with van der Waals surface area (Å²) in [7, 11) is 3.12. The normalized spacial score (nSPS) is 10.5. The van der Waals surface area contributed by atoms with Crippen LogP contribution in [0.1, 0.15) is 15.4 Å². The number of nitrogens with zero attached hydrogens (tertiary/aromatic N) is 3. The molecule has 2 aromatic heterocycles. The van der Waals surface area contributed by atoms with Gasteiger partial charge in [0.05, 0.1) is 13.7 Å². The molecule has 128 valence electrons. The highest BCUT2D eigenvalue weighted by molar-refractivity contribution is 7.09. The lowest BCUT2D eigenvalue weighted by Gasteiger charge is -2.22. The smallest absolute Gasteiger partial charge is 0.279 e. The number of anilines is 1. The Balaban J connectivity index is 1.98. The second kappa shape index (κ2) is 7.31. The van der Waals surface area contributed by atoms with Gasteiger partial charge in [-0.2, -0.15) is 5.10 Å². The van der Waals surface area contributed by atoms with Crippen LogP contribution in [0.2, 0.25) is 0 Å². The lowest BCUT2D eigenvalue weighted by atomic mass is 10.2. The van der Waals surface area contributed by atoms with Gasteiger partial charge in [0.1, 0.15) is 11.4 Å². The van der Waals surface area contributed by atoms with Crippen LogP contribution in [0.4, 0.5) is 5.69 Å². The number of ether oxygens (including phenoxy) is 1. The highest BCUT2D eigenvalue weighted by Crippen LogP contribution is 2.24. The van der Waals surface area contributed by atoms with E-state index in [0.29, 0.717) is 12.3 Å². The molecular weight excluding hydrogens is 338 g/mol. The minimum Gasteiger partial charge on any atom is -0.497 e. The molecule has 7 heteroatoms. The summed E-state index contributed by atoms with van der Waals surface area (Å²) in [6, 6.07) is 14.0. The van der Waals surface area contributed by atoms with Crippen molar-refractivity contribution in [2.45, 2.75) is 6.54 Å². The van der Waals surface area contributed by atoms with Crippen molar-refractivity contribution in [3.05, 3.63) is 74.8 Å². The molecule has 0 radical (unpaired) electrons. The topological polar surface area (TPSA) is 64.4 Å². The summed E-state index contributed by atoms with van der Waals surface area (Å²) < 4.78 is 6.33. The molecule has 3 aromatic rings. The Hall–Kier alpha value is -2.93. The lowest BCUT2D eigenvalue weighted by Crippen LogP contribution is -2.32. The van der Waals surface area contributed by atoms with Gasteiger partial charge in [0.25, 0.3) is 11.5 Å². The zero-order valence-corrected chi connectivity index (χ0v) is 14.7. The van der Waals surface area contributed by atoms with Crippen LogP contribution in [0, 0.1) is 0 Å². The zero-order chi connectivity index (χ0) is 17.8. The highest BCUT2D eigenvalue weighted by Gasteiger charge is 2.20. The summed E-state index contributed by atoms with van der Waals surface area (Å²) in [5.41, 5.74) is 0.690. The van der Waals surface area contributed by atoms with Crippen LogP contribution >= 0.6 is 11.3 Å². The van der Waals surface area contributed by atoms with Crippen molar-refractivity contribution >= 4 is 22.9 Å². The first-order valence-electron chi connectivity index (χ1n) is 7.61. The third-order valence-electron chi connectivity index (χ3n) is 3.70. The van der Waals surface area contributed by atoms with Crippen molar-refractivity contribution in [1.29, 1.82) is 0 Å². The van der Waals surface area contributed by atoms with Crippen LogP contribution in [0.5, 0.6) is 5.75 Å². The number of rotatable bonds is 5. The van der Waals surface area contributed by atoms with Crippen LogP contribution in [-0.4, -0.2) is 22.8 Å². The third kappa shape index (κ3) is 3.77. The fourth-order valence-electron chi connectivity index (χ4n) is 2.36. The van der Waals surface area contributed by atoms with Gasteiger partial charge in [-0.3, -0.25) is 9.59 Å². The van der Waals surface area contributed by atoms with Gasteiger partial charge < -0.3 is 9.64 Å². The molecule has 0 aliphatic rings. The van der Waals surface area contributed by atoms with E-state index in [-0.39, 0.29) is 17.2 Å². The zero-order valence-electron chi connectivity index (χ0n) is 13.9. The van der Waals surface area contributed by atoms with Gasteiger partial charge in [0.15, 0.2) is 0 Å². The van der Waals surface area contributed by atoms with E-state index in [2.05, 4.69) is 5.10 Å². The van der Waals surface area contributed by atoms with Gasteiger partial charge in [0, 0.05) is 23.7 Å². The summed E-state index contributed by atoms with van der Waals surface area (Å²) in [6.45, 7) is 0.424. The Kier molecular flexibility index (Phi) is 4.95. The van der Waals surface area contributed by atoms with Crippen molar-refractivity contribution < 1.29 is 9.53 Å². The Morgan fingerprint density at radius 3 is 2.56 bits per heavy atom. The number of amides is 1. The molecule has 1 aromatic carbocycles. The molecule has 0 fully saturated rings. The standard InChI is InChI=1S/C18H17N3O3S/c1-20-17(22)10-9-16(19-20)18(23)21(12-15-4-3-11-25-15)13-5-7-14(24-2)8-6-13/h3-11H,12H2,1-2H3. The van der Waals surface area contributed by atoms with E-state index in [0.717, 1.165) is 15.2 Å². The molecule has 6 nitrogen and oxygen atoms in total. The van der Waals surface area contributed by atoms with Gasteiger partial charge in [-0.15, -0.1) is 11.3 Å². The summed E-state index contributed by atoms with van der Waals surface area (Å²) in [4.78, 5) is 27.2. The van der Waals surface area contributed by atoms with Gasteiger partial charge in [-0.25, -0.2) is 4.68 Å². The highest BCUT2D eigenvalue weighted by atomic mass is 32.1. The predicted molar refractivity (Wildman–Crippen MR) is 97.3 cm³/mol. The number of hydrogen-bond acceptors (Lipinski definition) is 5. The molecule has 0 unspecified atom stereocenters. The largest absolute Gasteiger partial charge is 0.497 e. The molecule has 0 aliphatic heterocycles. The fraction of sp³-hybridized carbons (Fsp3) is 0.167. The van der Waals surface area contributed by atoms with E-state index >= 15 is 0 Å². The molecule has 0 spiro atoms. The van der Waals surface area contributed by atoms with Crippen molar-refractivity contribution in [1.82, 2.24) is 9.78 Å². The quantitative estimate of drug-likeness (QED) is 0.706. The first-order chi connectivity index (χ1) is 12.1. The average Bonchev–Trinajstić information content (AvgIpc) is 3.15. The molecule has 0 N–H and O–H groups in total. The number of benzene rings is 1. The molecule has 0 bridgehead atoms. The third-order valence-corrected chi connectivity index (χ3v) is 4.56. The van der Waals surface area contributed by atoms with E-state index in [1.807, 2.05) is 29.6 Å². The maximum atomic E-state index is 13.0. The first-order valence-corrected chi connectivity index (χ1v) is 8.49. The number of carbonyl (C=O) groups is 1. The van der Waals surface area contributed by atoms with E-state index in [1.165, 1.54) is 19.2 Å². The maximum Gasteiger partial charge on any atom is 0.279 e. The molecule has 25 heavy (non-hydrogen) atoms. The van der Waals surface area contributed by atoms with Gasteiger partial charge in [-0.05, 0) is 41.8 Å². The Morgan fingerprint density at radius 2 is 1.96 bits per heavy atom. The van der Waals surface area contributed by atoms with E-state index in [1.54, 1.807) is 35.5 Å². The van der Waals surface area contributed by atoms with E-state index in [9.17, 15) is 9.59 Å². The average molecular weight is 355 g/mol. The van der Waals surface area contributed by atoms with Gasteiger partial charge in [0.2, 0.25) is 0 Å². The second-order valence-corrected chi connectivity index (χ2v) is 6.38. The monoisotopic (exact) mass is 355 g/mol. The second-order valence-electron chi connectivity index (χ2n) is 5.35. The molecule has 0 aliphatic carbocycles. The molecular formula is C18H17N3O3S. The molecule has 0 atom stereocenters. The Morgan fingerprint density at radius 1 is 1.20 bits per heavy atom. The number of carbonyl (C=O) groups excluding carboxylic acids is 1. The van der Waals surface area contributed by atoms with Gasteiger partial charge >= 0.3 is 0 Å². The summed E-state index contributed by atoms with van der Waals surface area (Å²) in [5, 5.41) is 6.04. The summed E-state index contributed by atoms with van der Waals surface area (Å²) in [6.07, 6.45) is 0. The number of aryl methyl sites for hydroxylation is 1. The SMILES string of the molecule is COc1ccc(N(Cc2cccs2)C(=O)c2ccc(=O)n(C)n2)cc1. The Labute approximate surface area is 148 Å². The number of thiophene rings is 1. The fourth-order valence-corrected chi connectivity index (χ4v) is 3.05. The summed E-state index contributed by atoms with van der Waals surface area (Å²) in [5.74, 6) is 0.446. The van der Waals surface area contributed by atoms with Crippen molar-refractivity contribution in [3.8, 4) is 5.75 Å². The van der Waals surface area contributed by atoms with Gasteiger partial charge in [-0.1, -0.05) is 6.07 Å². The van der Waals surface area contributed by atoms with Crippen LogP contribution in [-0.2, 0) is 13.6 Å². The number of methoxy groups -OCH3 is 1. The van der Waals surface area contributed by atoms with Crippen molar-refractivity contribution in [2.24, 2.45) is 7.05 Å². The molecule has 0 saturated carbocycles. The lowest BCUT2D eigenvalue weighted by molar-refractivity contribution is 0.0978. The van der Waals surface area contributed by atoms with E-state index < -0.39 is 0 Å². The maximum absolute atomic E-state index is 13.0. The molecule has 2 heterocycles. The van der Waals surface area contributed by atoms with E-state index in [4.69, 9.17) is 4.74 Å². The summed E-state index contributed by atoms with van der Waals surface area (Å²) >= 11 is 1.58. The first kappa shape index (κ1) is 16.9. The number of aromatic nitrogens is 2. The van der Waals surface area contributed by atoms with Crippen LogP contribution in [0.3, 0.4) is 0 Å². The van der Waals surface area contributed by atoms with Crippen LogP contribution < -0.4 is 15.2 Å². The molecule has 3 rings (SSSR count). The van der Waals surface area contributed by atoms with Crippen LogP contribution in [0.15, 0.2) is 58.7 Å².